The number of rotatable bonds is 7. The average molecular weight is 307 g/mol. The minimum Gasteiger partial charge on any atom is -0.494 e. The number of benzene rings is 1. The number of carbonyl (C=O) groups excluding carboxylic acids is 2. The maximum Gasteiger partial charge on any atom is 0.319 e. The first-order valence-electron chi connectivity index (χ1n) is 7.50. The lowest BCUT2D eigenvalue weighted by Crippen LogP contribution is -2.35. The molecular formula is C16H25N3O3. The fourth-order valence-electron chi connectivity index (χ4n) is 1.88. The van der Waals surface area contributed by atoms with Gasteiger partial charge in [-0.15, -0.1) is 0 Å². The Bertz CT molecular complexity index is 515. The minimum atomic E-state index is -0.329. The number of carbonyl (C=O) groups is 2. The van der Waals surface area contributed by atoms with Crippen molar-refractivity contribution in [1.29, 1.82) is 0 Å². The van der Waals surface area contributed by atoms with E-state index in [1.807, 2.05) is 39.8 Å². The molecule has 6 nitrogen and oxygen atoms in total. The lowest BCUT2D eigenvalue weighted by molar-refractivity contribution is -0.121. The Morgan fingerprint density at radius 2 is 2.00 bits per heavy atom. The van der Waals surface area contributed by atoms with Crippen LogP contribution in [0.4, 0.5) is 10.5 Å². The monoisotopic (exact) mass is 307 g/mol. The molecule has 1 rings (SSSR count). The van der Waals surface area contributed by atoms with Crippen LogP contribution in [0.25, 0.3) is 0 Å². The van der Waals surface area contributed by atoms with Crippen LogP contribution >= 0.6 is 0 Å². The van der Waals surface area contributed by atoms with Gasteiger partial charge in [0.05, 0.1) is 6.61 Å². The third kappa shape index (κ3) is 6.47. The maximum absolute atomic E-state index is 11.8. The van der Waals surface area contributed by atoms with Gasteiger partial charge in [-0.1, -0.05) is 0 Å². The summed E-state index contributed by atoms with van der Waals surface area (Å²) in [5.41, 5.74) is 1.63. The van der Waals surface area contributed by atoms with E-state index in [-0.39, 0.29) is 24.4 Å². The standard InChI is InChI=1S/C16H25N3O3/c1-5-22-13-6-7-14(12(4)10-13)19-16(21)17-9-8-15(20)18-11(2)3/h6-7,10-11H,5,8-9H2,1-4H3,(H,18,20)(H2,17,19,21). The summed E-state index contributed by atoms with van der Waals surface area (Å²) in [4.78, 5) is 23.2. The summed E-state index contributed by atoms with van der Waals surface area (Å²) in [7, 11) is 0. The molecule has 3 N–H and O–H groups in total. The van der Waals surface area contributed by atoms with Crippen molar-refractivity contribution in [2.75, 3.05) is 18.5 Å². The number of hydrogen-bond acceptors (Lipinski definition) is 3. The molecule has 0 aliphatic rings. The second kappa shape index (κ2) is 8.92. The van der Waals surface area contributed by atoms with Gasteiger partial charge in [-0.25, -0.2) is 4.79 Å². The summed E-state index contributed by atoms with van der Waals surface area (Å²) >= 11 is 0. The highest BCUT2D eigenvalue weighted by molar-refractivity contribution is 5.90. The Morgan fingerprint density at radius 1 is 1.27 bits per heavy atom. The van der Waals surface area contributed by atoms with Gasteiger partial charge in [0.2, 0.25) is 5.91 Å². The molecule has 0 atom stereocenters. The van der Waals surface area contributed by atoms with Crippen LogP contribution in [0, 0.1) is 6.92 Å². The number of hydrogen-bond donors (Lipinski definition) is 3. The molecule has 0 radical (unpaired) electrons. The smallest absolute Gasteiger partial charge is 0.319 e. The van der Waals surface area contributed by atoms with E-state index >= 15 is 0 Å². The number of nitrogens with one attached hydrogen (secondary N) is 3. The molecule has 6 heteroatoms. The minimum absolute atomic E-state index is 0.0763. The maximum atomic E-state index is 11.8. The molecule has 0 fully saturated rings. The second-order valence-electron chi connectivity index (χ2n) is 5.26. The quantitative estimate of drug-likeness (QED) is 0.724. The van der Waals surface area contributed by atoms with E-state index in [2.05, 4.69) is 16.0 Å². The molecule has 0 saturated carbocycles. The first-order valence-corrected chi connectivity index (χ1v) is 7.50. The van der Waals surface area contributed by atoms with Gasteiger partial charge in [0.25, 0.3) is 0 Å². The molecule has 0 bridgehead atoms. The fraction of sp³-hybridized carbons (Fsp3) is 0.500. The Kier molecular flexibility index (Phi) is 7.22. The number of ether oxygens (including phenoxy) is 1. The number of urea groups is 1. The van der Waals surface area contributed by atoms with E-state index in [4.69, 9.17) is 4.74 Å². The molecule has 22 heavy (non-hydrogen) atoms. The highest BCUT2D eigenvalue weighted by Crippen LogP contribution is 2.21. The molecule has 1 aromatic rings. The third-order valence-electron chi connectivity index (χ3n) is 2.84. The van der Waals surface area contributed by atoms with Gasteiger partial charge in [0.1, 0.15) is 5.75 Å². The first-order chi connectivity index (χ1) is 10.4. The van der Waals surface area contributed by atoms with Gasteiger partial charge < -0.3 is 20.7 Å². The van der Waals surface area contributed by atoms with Crippen molar-refractivity contribution < 1.29 is 14.3 Å². The highest BCUT2D eigenvalue weighted by Gasteiger charge is 2.07. The van der Waals surface area contributed by atoms with Crippen LogP contribution in [0.1, 0.15) is 32.8 Å². The summed E-state index contributed by atoms with van der Waals surface area (Å²) in [6, 6.07) is 5.25. The zero-order valence-corrected chi connectivity index (χ0v) is 13.7. The zero-order valence-electron chi connectivity index (χ0n) is 13.7. The molecule has 1 aromatic carbocycles. The van der Waals surface area contributed by atoms with Crippen molar-refractivity contribution in [3.63, 3.8) is 0 Å². The van der Waals surface area contributed by atoms with E-state index in [9.17, 15) is 9.59 Å². The Hall–Kier alpha value is -2.24. The molecule has 0 unspecified atom stereocenters. The average Bonchev–Trinajstić information content (AvgIpc) is 2.41. The zero-order chi connectivity index (χ0) is 16.5. The molecule has 3 amide bonds. The predicted octanol–water partition coefficient (Wildman–Crippen LogP) is 2.43. The number of anilines is 1. The predicted molar refractivity (Wildman–Crippen MR) is 87.3 cm³/mol. The molecule has 0 aromatic heterocycles. The summed E-state index contributed by atoms with van der Waals surface area (Å²) < 4.78 is 5.40. The Balaban J connectivity index is 2.40. The highest BCUT2D eigenvalue weighted by atomic mass is 16.5. The van der Waals surface area contributed by atoms with Gasteiger partial charge in [-0.3, -0.25) is 4.79 Å². The topological polar surface area (TPSA) is 79.5 Å². The van der Waals surface area contributed by atoms with Crippen LogP contribution in [0.3, 0.4) is 0 Å². The van der Waals surface area contributed by atoms with E-state index in [1.165, 1.54) is 0 Å². The Labute approximate surface area is 131 Å². The van der Waals surface area contributed by atoms with E-state index in [0.29, 0.717) is 18.8 Å². The summed E-state index contributed by atoms with van der Waals surface area (Å²) in [5.74, 6) is 0.698. The first kappa shape index (κ1) is 17.8. The van der Waals surface area contributed by atoms with Crippen molar-refractivity contribution >= 4 is 17.6 Å². The Morgan fingerprint density at radius 3 is 2.59 bits per heavy atom. The summed E-state index contributed by atoms with van der Waals surface area (Å²) in [5, 5.41) is 8.19. The van der Waals surface area contributed by atoms with Gasteiger partial charge in [0.15, 0.2) is 0 Å². The van der Waals surface area contributed by atoms with Crippen LogP contribution < -0.4 is 20.7 Å². The second-order valence-corrected chi connectivity index (χ2v) is 5.26. The molecule has 0 aliphatic carbocycles. The van der Waals surface area contributed by atoms with Gasteiger partial charge in [-0.2, -0.15) is 0 Å². The van der Waals surface area contributed by atoms with E-state index < -0.39 is 0 Å². The third-order valence-corrected chi connectivity index (χ3v) is 2.84. The molecule has 122 valence electrons. The van der Waals surface area contributed by atoms with Gasteiger partial charge in [0, 0.05) is 24.7 Å². The van der Waals surface area contributed by atoms with E-state index in [0.717, 1.165) is 11.3 Å². The largest absolute Gasteiger partial charge is 0.494 e. The van der Waals surface area contributed by atoms with Crippen molar-refractivity contribution in [1.82, 2.24) is 10.6 Å². The van der Waals surface area contributed by atoms with Crippen molar-refractivity contribution in [3.8, 4) is 5.75 Å². The molecule has 0 saturated heterocycles. The van der Waals surface area contributed by atoms with Gasteiger partial charge >= 0.3 is 6.03 Å². The lowest BCUT2D eigenvalue weighted by Gasteiger charge is -2.12. The molecule has 0 aliphatic heterocycles. The normalized spacial score (nSPS) is 10.2. The van der Waals surface area contributed by atoms with Crippen molar-refractivity contribution in [3.05, 3.63) is 23.8 Å². The molecule has 0 heterocycles. The molecular weight excluding hydrogens is 282 g/mol. The van der Waals surface area contributed by atoms with Crippen molar-refractivity contribution in [2.45, 2.75) is 40.2 Å². The number of aryl methyl sites for hydroxylation is 1. The van der Waals surface area contributed by atoms with Crippen LogP contribution in [0.2, 0.25) is 0 Å². The lowest BCUT2D eigenvalue weighted by atomic mass is 10.2. The van der Waals surface area contributed by atoms with Crippen LogP contribution in [-0.4, -0.2) is 31.1 Å². The summed E-state index contributed by atoms with van der Waals surface area (Å²) in [6.45, 7) is 8.50. The van der Waals surface area contributed by atoms with Crippen molar-refractivity contribution in [2.24, 2.45) is 0 Å². The van der Waals surface area contributed by atoms with Crippen LogP contribution in [0.15, 0.2) is 18.2 Å². The summed E-state index contributed by atoms with van der Waals surface area (Å²) in [6.07, 6.45) is 0.258. The number of amides is 3. The fourth-order valence-corrected chi connectivity index (χ4v) is 1.88. The van der Waals surface area contributed by atoms with Crippen LogP contribution in [0.5, 0.6) is 5.75 Å². The van der Waals surface area contributed by atoms with Crippen LogP contribution in [-0.2, 0) is 4.79 Å². The van der Waals surface area contributed by atoms with Gasteiger partial charge in [-0.05, 0) is 51.5 Å². The van der Waals surface area contributed by atoms with E-state index in [1.54, 1.807) is 6.07 Å². The SMILES string of the molecule is CCOc1ccc(NC(=O)NCCC(=O)NC(C)C)c(C)c1. The molecule has 0 spiro atoms.